The van der Waals surface area contributed by atoms with Crippen molar-refractivity contribution in [3.63, 3.8) is 0 Å². The summed E-state index contributed by atoms with van der Waals surface area (Å²) >= 11 is 7.01. The Labute approximate surface area is 196 Å². The van der Waals surface area contributed by atoms with Crippen molar-refractivity contribution in [2.45, 2.75) is 71.6 Å². The number of rotatable bonds is 13. The number of hydrogen-bond acceptors (Lipinski definition) is 4. The van der Waals surface area contributed by atoms with Crippen LogP contribution in [0.15, 0.2) is 30.3 Å². The van der Waals surface area contributed by atoms with Gasteiger partial charge in [-0.1, -0.05) is 88.6 Å². The first-order valence-electron chi connectivity index (χ1n) is 11.4. The van der Waals surface area contributed by atoms with E-state index in [-0.39, 0.29) is 5.97 Å². The van der Waals surface area contributed by atoms with Crippen LogP contribution < -0.4 is 10.6 Å². The minimum absolute atomic E-state index is 0.354. The fourth-order valence-corrected chi connectivity index (χ4v) is 5.00. The van der Waals surface area contributed by atoms with Gasteiger partial charge in [0.25, 0.3) is 0 Å². The van der Waals surface area contributed by atoms with Crippen LogP contribution in [0.4, 0.5) is 5.00 Å². The number of nitrogens with one attached hydrogen (secondary N) is 2. The fraction of sp³-hybridized carbons (Fsp3) is 0.520. The molecule has 1 aromatic carbocycles. The molecule has 0 aliphatic rings. The Kier molecular flexibility index (Phi) is 11.6. The molecule has 1 heterocycles. The van der Waals surface area contributed by atoms with Crippen LogP contribution in [0.25, 0.3) is 11.1 Å². The van der Waals surface area contributed by atoms with Crippen LogP contribution in [0, 0.1) is 6.92 Å². The first-order valence-corrected chi connectivity index (χ1v) is 12.6. The van der Waals surface area contributed by atoms with E-state index in [4.69, 9.17) is 17.0 Å². The molecule has 0 aliphatic heterocycles. The van der Waals surface area contributed by atoms with E-state index in [1.807, 2.05) is 37.3 Å². The molecule has 2 rings (SSSR count). The zero-order chi connectivity index (χ0) is 22.5. The highest BCUT2D eigenvalue weighted by Crippen LogP contribution is 2.40. The summed E-state index contributed by atoms with van der Waals surface area (Å²) < 4.78 is 5.06. The van der Waals surface area contributed by atoms with Crippen LogP contribution in [-0.2, 0) is 4.74 Å². The molecular formula is C25H36N2O2S2. The number of unbranched alkanes of at least 4 members (excludes halogenated alkanes) is 8. The summed E-state index contributed by atoms with van der Waals surface area (Å²) in [5.41, 5.74) is 2.45. The van der Waals surface area contributed by atoms with E-state index in [0.29, 0.717) is 10.7 Å². The molecule has 2 N–H and O–H groups in total. The number of thiocarbonyl (C=S) groups is 1. The third-order valence-corrected chi connectivity index (χ3v) is 6.60. The molecule has 4 nitrogen and oxygen atoms in total. The molecule has 0 radical (unpaired) electrons. The summed E-state index contributed by atoms with van der Waals surface area (Å²) in [4.78, 5) is 13.6. The lowest BCUT2D eigenvalue weighted by Crippen LogP contribution is -2.29. The first kappa shape index (κ1) is 25.3. The van der Waals surface area contributed by atoms with Crippen molar-refractivity contribution < 1.29 is 9.53 Å². The van der Waals surface area contributed by atoms with Crippen molar-refractivity contribution in [2.24, 2.45) is 0 Å². The highest BCUT2D eigenvalue weighted by molar-refractivity contribution is 7.80. The van der Waals surface area contributed by atoms with Gasteiger partial charge in [-0.05, 0) is 31.1 Å². The lowest BCUT2D eigenvalue weighted by atomic mass is 10.0. The molecule has 0 spiro atoms. The number of anilines is 1. The zero-order valence-electron chi connectivity index (χ0n) is 19.1. The van der Waals surface area contributed by atoms with Gasteiger partial charge in [0, 0.05) is 17.0 Å². The molecule has 0 saturated carbocycles. The summed E-state index contributed by atoms with van der Waals surface area (Å²) in [7, 11) is 1.41. The predicted molar refractivity (Wildman–Crippen MR) is 137 cm³/mol. The molecule has 170 valence electrons. The Bertz CT molecular complexity index is 818. The minimum atomic E-state index is -0.354. The monoisotopic (exact) mass is 460 g/mol. The average Bonchev–Trinajstić information content (AvgIpc) is 3.10. The third kappa shape index (κ3) is 8.26. The van der Waals surface area contributed by atoms with Gasteiger partial charge in [-0.3, -0.25) is 0 Å². The first-order chi connectivity index (χ1) is 15.1. The van der Waals surface area contributed by atoms with E-state index in [1.165, 1.54) is 69.8 Å². The normalized spacial score (nSPS) is 10.7. The van der Waals surface area contributed by atoms with Gasteiger partial charge in [0.15, 0.2) is 5.11 Å². The molecular weight excluding hydrogens is 424 g/mol. The number of esters is 1. The maximum atomic E-state index is 12.5. The van der Waals surface area contributed by atoms with E-state index >= 15 is 0 Å². The molecule has 0 bridgehead atoms. The van der Waals surface area contributed by atoms with E-state index in [9.17, 15) is 4.79 Å². The average molecular weight is 461 g/mol. The van der Waals surface area contributed by atoms with Gasteiger partial charge >= 0.3 is 5.97 Å². The minimum Gasteiger partial charge on any atom is -0.465 e. The second-order valence-corrected chi connectivity index (χ2v) is 9.44. The van der Waals surface area contributed by atoms with E-state index in [2.05, 4.69) is 17.6 Å². The number of methoxy groups -OCH3 is 1. The Morgan fingerprint density at radius 2 is 1.61 bits per heavy atom. The predicted octanol–water partition coefficient (Wildman–Crippen LogP) is 7.33. The van der Waals surface area contributed by atoms with Crippen LogP contribution in [0.5, 0.6) is 0 Å². The van der Waals surface area contributed by atoms with E-state index in [1.54, 1.807) is 0 Å². The summed E-state index contributed by atoms with van der Waals surface area (Å²) in [6.45, 7) is 5.11. The smallest absolute Gasteiger partial charge is 0.341 e. The fourth-order valence-electron chi connectivity index (χ4n) is 3.67. The quantitative estimate of drug-likeness (QED) is 0.186. The summed E-state index contributed by atoms with van der Waals surface area (Å²) in [5, 5.41) is 7.78. The molecule has 0 aliphatic carbocycles. The highest BCUT2D eigenvalue weighted by Gasteiger charge is 2.24. The van der Waals surface area contributed by atoms with Crippen molar-refractivity contribution in [1.82, 2.24) is 5.32 Å². The number of thiophene rings is 1. The topological polar surface area (TPSA) is 50.4 Å². The molecule has 0 fully saturated rings. The third-order valence-electron chi connectivity index (χ3n) is 5.33. The summed E-state index contributed by atoms with van der Waals surface area (Å²) in [6, 6.07) is 9.92. The zero-order valence-corrected chi connectivity index (χ0v) is 20.7. The number of hydrogen-bond donors (Lipinski definition) is 2. The van der Waals surface area contributed by atoms with Crippen LogP contribution in [0.2, 0.25) is 0 Å². The summed E-state index contributed by atoms with van der Waals surface area (Å²) in [5.74, 6) is -0.354. The molecule has 31 heavy (non-hydrogen) atoms. The SMILES string of the molecule is CCCCCCCCCCCNC(=S)Nc1sc(C)c(-c2ccccc2)c1C(=O)OC. The van der Waals surface area contributed by atoms with Crippen LogP contribution in [0.1, 0.15) is 79.9 Å². The number of benzene rings is 1. The summed E-state index contributed by atoms with van der Waals surface area (Å²) in [6.07, 6.45) is 11.7. The van der Waals surface area contributed by atoms with Gasteiger partial charge in [-0.2, -0.15) is 0 Å². The van der Waals surface area contributed by atoms with E-state index < -0.39 is 0 Å². The molecule has 2 aromatic rings. The maximum absolute atomic E-state index is 12.5. The molecule has 0 amide bonds. The van der Waals surface area contributed by atoms with Crippen molar-refractivity contribution in [2.75, 3.05) is 19.0 Å². The number of carbonyl (C=O) groups is 1. The van der Waals surface area contributed by atoms with Crippen LogP contribution >= 0.6 is 23.6 Å². The largest absolute Gasteiger partial charge is 0.465 e. The van der Waals surface area contributed by atoms with Gasteiger partial charge in [0.2, 0.25) is 0 Å². The van der Waals surface area contributed by atoms with Crippen molar-refractivity contribution in [1.29, 1.82) is 0 Å². The Morgan fingerprint density at radius 1 is 1.00 bits per heavy atom. The van der Waals surface area contributed by atoms with Crippen molar-refractivity contribution in [3.05, 3.63) is 40.8 Å². The second kappa shape index (κ2) is 14.2. The van der Waals surface area contributed by atoms with Gasteiger partial charge in [0.05, 0.1) is 7.11 Å². The Hall–Kier alpha value is -1.92. The van der Waals surface area contributed by atoms with Gasteiger partial charge < -0.3 is 15.4 Å². The van der Waals surface area contributed by atoms with Crippen molar-refractivity contribution in [3.8, 4) is 11.1 Å². The number of carbonyl (C=O) groups excluding carboxylic acids is 1. The Morgan fingerprint density at radius 3 is 2.23 bits per heavy atom. The molecule has 1 aromatic heterocycles. The number of aryl methyl sites for hydroxylation is 1. The van der Waals surface area contributed by atoms with Gasteiger partial charge in [0.1, 0.15) is 10.6 Å². The van der Waals surface area contributed by atoms with Crippen LogP contribution in [-0.4, -0.2) is 24.7 Å². The van der Waals surface area contributed by atoms with Gasteiger partial charge in [-0.25, -0.2) is 4.79 Å². The Balaban J connectivity index is 1.84. The molecule has 0 unspecified atom stereocenters. The van der Waals surface area contributed by atoms with Crippen molar-refractivity contribution >= 4 is 39.6 Å². The van der Waals surface area contributed by atoms with Crippen LogP contribution in [0.3, 0.4) is 0 Å². The number of ether oxygens (including phenoxy) is 1. The maximum Gasteiger partial charge on any atom is 0.341 e. The second-order valence-electron chi connectivity index (χ2n) is 7.80. The van der Waals surface area contributed by atoms with E-state index in [0.717, 1.165) is 34.0 Å². The standard InChI is InChI=1S/C25H36N2O2S2/c1-4-5-6-7-8-9-10-11-15-18-26-25(30)27-23-22(24(28)29-3)21(19(2)31-23)20-16-13-12-14-17-20/h12-14,16-17H,4-11,15,18H2,1-3H3,(H2,26,27,30). The van der Waals surface area contributed by atoms with Gasteiger partial charge in [-0.15, -0.1) is 11.3 Å². The molecule has 6 heteroatoms. The molecule has 0 atom stereocenters. The lowest BCUT2D eigenvalue weighted by molar-refractivity contribution is 0.0603. The molecule has 0 saturated heterocycles. The lowest BCUT2D eigenvalue weighted by Gasteiger charge is -2.11. The highest BCUT2D eigenvalue weighted by atomic mass is 32.1.